The number of benzene rings is 1. The van der Waals surface area contributed by atoms with Gasteiger partial charge in [0.15, 0.2) is 11.5 Å². The summed E-state index contributed by atoms with van der Waals surface area (Å²) < 4.78 is 10.5. The maximum Gasteiger partial charge on any atom is 0.231 e. The third-order valence-electron chi connectivity index (χ3n) is 2.35. The van der Waals surface area contributed by atoms with E-state index in [9.17, 15) is 4.79 Å². The molecule has 0 spiro atoms. The van der Waals surface area contributed by atoms with E-state index in [1.807, 2.05) is 26.8 Å². The van der Waals surface area contributed by atoms with Gasteiger partial charge in [0.2, 0.25) is 12.7 Å². The first-order valence-electron chi connectivity index (χ1n) is 5.63. The maximum absolute atomic E-state index is 11.7. The zero-order valence-corrected chi connectivity index (χ0v) is 10.4. The van der Waals surface area contributed by atoms with Gasteiger partial charge < -0.3 is 14.8 Å². The SMILES string of the molecule is CC(C)(C)CC(=O)Nc1ccc2c(c1)OCO2. The molecule has 0 fully saturated rings. The van der Waals surface area contributed by atoms with Gasteiger partial charge in [0.25, 0.3) is 0 Å². The Labute approximate surface area is 101 Å². The zero-order valence-electron chi connectivity index (χ0n) is 10.4. The molecular weight excluding hydrogens is 218 g/mol. The summed E-state index contributed by atoms with van der Waals surface area (Å²) in [5, 5.41) is 2.85. The van der Waals surface area contributed by atoms with Crippen LogP contribution < -0.4 is 14.8 Å². The lowest BCUT2D eigenvalue weighted by Crippen LogP contribution is -2.19. The Morgan fingerprint density at radius 3 is 2.71 bits per heavy atom. The van der Waals surface area contributed by atoms with Crippen LogP contribution in [0.5, 0.6) is 11.5 Å². The molecule has 92 valence electrons. The largest absolute Gasteiger partial charge is 0.454 e. The molecule has 0 aromatic heterocycles. The minimum Gasteiger partial charge on any atom is -0.454 e. The second kappa shape index (κ2) is 4.28. The van der Waals surface area contributed by atoms with Crippen LogP contribution in [0.4, 0.5) is 5.69 Å². The molecule has 0 saturated heterocycles. The maximum atomic E-state index is 11.7. The Morgan fingerprint density at radius 2 is 2.00 bits per heavy atom. The lowest BCUT2D eigenvalue weighted by molar-refractivity contribution is -0.117. The van der Waals surface area contributed by atoms with Gasteiger partial charge in [-0.1, -0.05) is 20.8 Å². The van der Waals surface area contributed by atoms with Crippen molar-refractivity contribution in [3.63, 3.8) is 0 Å². The van der Waals surface area contributed by atoms with Crippen molar-refractivity contribution >= 4 is 11.6 Å². The summed E-state index contributed by atoms with van der Waals surface area (Å²) in [5.41, 5.74) is 0.726. The van der Waals surface area contributed by atoms with Crippen LogP contribution in [-0.2, 0) is 4.79 Å². The minimum atomic E-state index is -0.0135. The highest BCUT2D eigenvalue weighted by atomic mass is 16.7. The lowest BCUT2D eigenvalue weighted by atomic mass is 9.92. The fourth-order valence-corrected chi connectivity index (χ4v) is 1.66. The fourth-order valence-electron chi connectivity index (χ4n) is 1.66. The van der Waals surface area contributed by atoms with Crippen LogP contribution in [0.1, 0.15) is 27.2 Å². The molecule has 1 heterocycles. The number of ether oxygens (including phenoxy) is 2. The Morgan fingerprint density at radius 1 is 1.29 bits per heavy atom. The molecule has 1 aliphatic heterocycles. The summed E-state index contributed by atoms with van der Waals surface area (Å²) in [5.74, 6) is 1.41. The first-order chi connectivity index (χ1) is 7.94. The highest BCUT2D eigenvalue weighted by Crippen LogP contribution is 2.34. The van der Waals surface area contributed by atoms with E-state index in [0.29, 0.717) is 12.2 Å². The van der Waals surface area contributed by atoms with E-state index in [0.717, 1.165) is 11.4 Å². The molecule has 0 radical (unpaired) electrons. The number of nitrogens with one attached hydrogen (secondary N) is 1. The van der Waals surface area contributed by atoms with E-state index < -0.39 is 0 Å². The molecular formula is C13H17NO3. The van der Waals surface area contributed by atoms with E-state index in [1.165, 1.54) is 0 Å². The zero-order chi connectivity index (χ0) is 12.5. The topological polar surface area (TPSA) is 47.6 Å². The van der Waals surface area contributed by atoms with Gasteiger partial charge in [-0.3, -0.25) is 4.79 Å². The molecule has 0 aliphatic carbocycles. The van der Waals surface area contributed by atoms with Crippen molar-refractivity contribution in [3.8, 4) is 11.5 Å². The molecule has 1 N–H and O–H groups in total. The van der Waals surface area contributed by atoms with Gasteiger partial charge in [-0.15, -0.1) is 0 Å². The quantitative estimate of drug-likeness (QED) is 0.857. The smallest absolute Gasteiger partial charge is 0.231 e. The van der Waals surface area contributed by atoms with Crippen molar-refractivity contribution < 1.29 is 14.3 Å². The molecule has 1 aromatic rings. The number of anilines is 1. The number of carbonyl (C=O) groups excluding carboxylic acids is 1. The average Bonchev–Trinajstić information content (AvgIpc) is 2.61. The summed E-state index contributed by atoms with van der Waals surface area (Å²) in [4.78, 5) is 11.7. The number of fused-ring (bicyclic) bond motifs is 1. The van der Waals surface area contributed by atoms with Gasteiger partial charge in [0, 0.05) is 18.2 Å². The molecule has 17 heavy (non-hydrogen) atoms. The summed E-state index contributed by atoms with van der Waals surface area (Å²) in [6.07, 6.45) is 0.488. The van der Waals surface area contributed by atoms with E-state index in [4.69, 9.17) is 9.47 Å². The third-order valence-corrected chi connectivity index (χ3v) is 2.35. The lowest BCUT2D eigenvalue weighted by Gasteiger charge is -2.17. The van der Waals surface area contributed by atoms with Crippen LogP contribution in [0.2, 0.25) is 0 Å². The first kappa shape index (κ1) is 11.8. The summed E-state index contributed by atoms with van der Waals surface area (Å²) in [7, 11) is 0. The first-order valence-corrected chi connectivity index (χ1v) is 5.63. The second-order valence-electron chi connectivity index (χ2n) is 5.35. The van der Waals surface area contributed by atoms with Gasteiger partial charge in [-0.2, -0.15) is 0 Å². The van der Waals surface area contributed by atoms with Crippen molar-refractivity contribution in [1.29, 1.82) is 0 Å². The van der Waals surface area contributed by atoms with Crippen LogP contribution in [0, 0.1) is 5.41 Å². The summed E-state index contributed by atoms with van der Waals surface area (Å²) in [6, 6.07) is 5.39. The van der Waals surface area contributed by atoms with Gasteiger partial charge in [-0.05, 0) is 17.5 Å². The van der Waals surface area contributed by atoms with Crippen LogP contribution in [0.3, 0.4) is 0 Å². The van der Waals surface area contributed by atoms with Gasteiger partial charge in [-0.25, -0.2) is 0 Å². The van der Waals surface area contributed by atoms with Crippen molar-refractivity contribution in [3.05, 3.63) is 18.2 Å². The highest BCUT2D eigenvalue weighted by Gasteiger charge is 2.17. The Bertz CT molecular complexity index is 435. The van der Waals surface area contributed by atoms with E-state index in [1.54, 1.807) is 12.1 Å². The molecule has 1 amide bonds. The van der Waals surface area contributed by atoms with Crippen molar-refractivity contribution in [2.24, 2.45) is 5.41 Å². The van der Waals surface area contributed by atoms with Crippen LogP contribution >= 0.6 is 0 Å². The molecule has 1 aliphatic rings. The second-order valence-corrected chi connectivity index (χ2v) is 5.35. The predicted molar refractivity (Wildman–Crippen MR) is 65.3 cm³/mol. The Hall–Kier alpha value is -1.71. The number of amides is 1. The third kappa shape index (κ3) is 3.12. The highest BCUT2D eigenvalue weighted by molar-refractivity contribution is 5.91. The molecule has 0 atom stereocenters. The number of carbonyl (C=O) groups is 1. The van der Waals surface area contributed by atoms with Gasteiger partial charge in [0.05, 0.1) is 0 Å². The van der Waals surface area contributed by atoms with Crippen molar-refractivity contribution in [1.82, 2.24) is 0 Å². The number of hydrogen-bond acceptors (Lipinski definition) is 3. The monoisotopic (exact) mass is 235 g/mol. The van der Waals surface area contributed by atoms with Crippen molar-refractivity contribution in [2.75, 3.05) is 12.1 Å². The van der Waals surface area contributed by atoms with Gasteiger partial charge in [0.1, 0.15) is 0 Å². The summed E-state index contributed by atoms with van der Waals surface area (Å²) >= 11 is 0. The van der Waals surface area contributed by atoms with Crippen LogP contribution in [-0.4, -0.2) is 12.7 Å². The van der Waals surface area contributed by atoms with Crippen molar-refractivity contribution in [2.45, 2.75) is 27.2 Å². The number of hydrogen-bond donors (Lipinski definition) is 1. The molecule has 4 nitrogen and oxygen atoms in total. The van der Waals surface area contributed by atoms with E-state index >= 15 is 0 Å². The Kier molecular flexibility index (Phi) is 2.96. The standard InChI is InChI=1S/C13H17NO3/c1-13(2,3)7-12(15)14-9-4-5-10-11(6-9)17-8-16-10/h4-6H,7-8H2,1-3H3,(H,14,15). The molecule has 0 unspecified atom stereocenters. The van der Waals surface area contributed by atoms with Gasteiger partial charge >= 0.3 is 0 Å². The number of rotatable bonds is 2. The Balaban J connectivity index is 2.02. The predicted octanol–water partition coefficient (Wildman–Crippen LogP) is 2.79. The molecule has 0 bridgehead atoms. The van der Waals surface area contributed by atoms with Crippen LogP contribution in [0.25, 0.3) is 0 Å². The average molecular weight is 235 g/mol. The minimum absolute atomic E-state index is 0.0105. The fraction of sp³-hybridized carbons (Fsp3) is 0.462. The normalized spacial score (nSPS) is 13.6. The molecule has 0 saturated carbocycles. The van der Waals surface area contributed by atoms with Crippen LogP contribution in [0.15, 0.2) is 18.2 Å². The van der Waals surface area contributed by atoms with E-state index in [-0.39, 0.29) is 18.1 Å². The molecule has 2 rings (SSSR count). The van der Waals surface area contributed by atoms with E-state index in [2.05, 4.69) is 5.32 Å². The molecule has 1 aromatic carbocycles. The summed E-state index contributed by atoms with van der Waals surface area (Å²) in [6.45, 7) is 6.35. The molecule has 4 heteroatoms.